The monoisotopic (exact) mass is 354 g/mol. The fourth-order valence-electron chi connectivity index (χ4n) is 2.78. The summed E-state index contributed by atoms with van der Waals surface area (Å²) in [5.41, 5.74) is 1.38. The molecule has 0 aliphatic carbocycles. The van der Waals surface area contributed by atoms with Crippen LogP contribution in [-0.4, -0.2) is 11.5 Å². The molecular formula is C22H14N2O3. The molecule has 5 heteroatoms. The molecule has 3 aromatic rings. The number of rotatable bonds is 5. The molecule has 0 saturated heterocycles. The molecule has 0 fully saturated rings. The third-order valence-corrected chi connectivity index (χ3v) is 4.02. The summed E-state index contributed by atoms with van der Waals surface area (Å²) in [5.74, 6) is 2.97. The van der Waals surface area contributed by atoms with Crippen LogP contribution < -0.4 is 4.74 Å². The summed E-state index contributed by atoms with van der Waals surface area (Å²) < 4.78 is 5.64. The predicted molar refractivity (Wildman–Crippen MR) is 105 cm³/mol. The Labute approximate surface area is 156 Å². The standard InChI is InChI=1S/C22H14N2O3/c1-2-12-27-22-11-10-16-6-3-4-9-20(16)21(22)14-18(15-23)17-7-5-8-19(13-17)24(25)26/h1,3-11,13-14H,12H2/b18-14-. The molecule has 0 amide bonds. The number of nitro groups is 1. The van der Waals surface area contributed by atoms with Crippen LogP contribution in [0.15, 0.2) is 60.7 Å². The molecule has 3 aromatic carbocycles. The average molecular weight is 354 g/mol. The maximum absolute atomic E-state index is 11.0. The average Bonchev–Trinajstić information content (AvgIpc) is 2.70. The molecule has 0 saturated carbocycles. The van der Waals surface area contributed by atoms with E-state index in [4.69, 9.17) is 11.2 Å². The number of nitro benzene ring substituents is 1. The number of nitrogens with zero attached hydrogens (tertiary/aromatic N) is 2. The first-order valence-electron chi connectivity index (χ1n) is 8.08. The van der Waals surface area contributed by atoms with Crippen molar-refractivity contribution in [1.29, 1.82) is 5.26 Å². The Balaban J connectivity index is 2.20. The van der Waals surface area contributed by atoms with Gasteiger partial charge in [0, 0.05) is 17.7 Å². The van der Waals surface area contributed by atoms with E-state index in [1.165, 1.54) is 12.1 Å². The second-order valence-electron chi connectivity index (χ2n) is 5.67. The van der Waals surface area contributed by atoms with Gasteiger partial charge < -0.3 is 4.74 Å². The molecule has 0 spiro atoms. The van der Waals surface area contributed by atoms with Crippen molar-refractivity contribution < 1.29 is 9.66 Å². The van der Waals surface area contributed by atoms with Gasteiger partial charge in [-0.15, -0.1) is 6.42 Å². The van der Waals surface area contributed by atoms with Gasteiger partial charge in [-0.1, -0.05) is 48.4 Å². The van der Waals surface area contributed by atoms with Gasteiger partial charge in [0.1, 0.15) is 12.4 Å². The number of nitriles is 1. The van der Waals surface area contributed by atoms with Crippen LogP contribution in [0.1, 0.15) is 11.1 Å². The lowest BCUT2D eigenvalue weighted by atomic mass is 9.98. The highest BCUT2D eigenvalue weighted by Gasteiger charge is 2.12. The summed E-state index contributed by atoms with van der Waals surface area (Å²) in [6.07, 6.45) is 6.97. The van der Waals surface area contributed by atoms with Crippen molar-refractivity contribution in [2.75, 3.05) is 6.61 Å². The van der Waals surface area contributed by atoms with Crippen LogP contribution in [0.5, 0.6) is 5.75 Å². The van der Waals surface area contributed by atoms with E-state index in [1.54, 1.807) is 24.3 Å². The Hall–Kier alpha value is -4.09. The lowest BCUT2D eigenvalue weighted by molar-refractivity contribution is -0.384. The minimum atomic E-state index is -0.488. The van der Waals surface area contributed by atoms with Gasteiger partial charge in [-0.3, -0.25) is 10.1 Å². The normalized spacial score (nSPS) is 10.8. The molecule has 130 valence electrons. The van der Waals surface area contributed by atoms with Crippen LogP contribution in [0, 0.1) is 33.8 Å². The van der Waals surface area contributed by atoms with Crippen LogP contribution in [0.2, 0.25) is 0 Å². The van der Waals surface area contributed by atoms with E-state index in [0.717, 1.165) is 10.8 Å². The maximum atomic E-state index is 11.0. The number of hydrogen-bond acceptors (Lipinski definition) is 4. The molecule has 0 heterocycles. The molecule has 5 nitrogen and oxygen atoms in total. The highest BCUT2D eigenvalue weighted by atomic mass is 16.6. The van der Waals surface area contributed by atoms with Crippen molar-refractivity contribution in [2.45, 2.75) is 0 Å². The van der Waals surface area contributed by atoms with Gasteiger partial charge in [-0.25, -0.2) is 0 Å². The molecule has 3 rings (SSSR count). The topological polar surface area (TPSA) is 76.2 Å². The van der Waals surface area contributed by atoms with Crippen molar-refractivity contribution in [3.8, 4) is 24.2 Å². The van der Waals surface area contributed by atoms with Crippen molar-refractivity contribution in [3.05, 3.63) is 81.9 Å². The first-order chi connectivity index (χ1) is 13.1. The van der Waals surface area contributed by atoms with E-state index in [-0.39, 0.29) is 12.3 Å². The van der Waals surface area contributed by atoms with Gasteiger partial charge in [-0.2, -0.15) is 5.26 Å². The molecule has 0 aromatic heterocycles. The quantitative estimate of drug-likeness (QED) is 0.216. The molecule has 27 heavy (non-hydrogen) atoms. The van der Waals surface area contributed by atoms with E-state index in [1.807, 2.05) is 30.3 Å². The summed E-state index contributed by atoms with van der Waals surface area (Å²) in [7, 11) is 0. The number of hydrogen-bond donors (Lipinski definition) is 0. The van der Waals surface area contributed by atoms with Crippen LogP contribution in [0.4, 0.5) is 5.69 Å². The number of non-ortho nitro benzene ring substituents is 1. The molecular weight excluding hydrogens is 340 g/mol. The van der Waals surface area contributed by atoms with Gasteiger partial charge in [0.15, 0.2) is 0 Å². The first kappa shape index (κ1) is 17.7. The fraction of sp³-hybridized carbons (Fsp3) is 0.0455. The SMILES string of the molecule is C#CCOc1ccc2ccccc2c1/C=C(/C#N)c1cccc([N+](=O)[O-])c1. The van der Waals surface area contributed by atoms with E-state index in [9.17, 15) is 15.4 Å². The Morgan fingerprint density at radius 3 is 2.74 bits per heavy atom. The van der Waals surface area contributed by atoms with Crippen molar-refractivity contribution in [3.63, 3.8) is 0 Å². The molecule has 0 bridgehead atoms. The summed E-state index contributed by atoms with van der Waals surface area (Å²) in [6.45, 7) is 0.0951. The van der Waals surface area contributed by atoms with E-state index < -0.39 is 4.92 Å². The highest BCUT2D eigenvalue weighted by Crippen LogP contribution is 2.32. The minimum absolute atomic E-state index is 0.0737. The zero-order chi connectivity index (χ0) is 19.2. The van der Waals surface area contributed by atoms with Crippen LogP contribution in [0.25, 0.3) is 22.4 Å². The zero-order valence-electron chi connectivity index (χ0n) is 14.3. The number of fused-ring (bicyclic) bond motifs is 1. The molecule has 0 aliphatic heterocycles. The Morgan fingerprint density at radius 2 is 2.00 bits per heavy atom. The van der Waals surface area contributed by atoms with Crippen LogP contribution in [0.3, 0.4) is 0 Å². The predicted octanol–water partition coefficient (Wildman–Crippen LogP) is 4.82. The molecule has 0 atom stereocenters. The molecule has 0 N–H and O–H groups in total. The van der Waals surface area contributed by atoms with Gasteiger partial charge in [-0.05, 0) is 28.5 Å². The second kappa shape index (κ2) is 7.86. The van der Waals surface area contributed by atoms with Gasteiger partial charge in [0.25, 0.3) is 5.69 Å². The number of allylic oxidation sites excluding steroid dienone is 1. The van der Waals surface area contributed by atoms with E-state index >= 15 is 0 Å². The van der Waals surface area contributed by atoms with Crippen LogP contribution >= 0.6 is 0 Å². The zero-order valence-corrected chi connectivity index (χ0v) is 14.3. The maximum Gasteiger partial charge on any atom is 0.270 e. The van der Waals surface area contributed by atoms with Crippen molar-refractivity contribution >= 4 is 28.1 Å². The number of terminal acetylenes is 1. The Bertz CT molecular complexity index is 1130. The van der Waals surface area contributed by atoms with Crippen LogP contribution in [-0.2, 0) is 0 Å². The number of ether oxygens (including phenoxy) is 1. The van der Waals surface area contributed by atoms with Gasteiger partial charge >= 0.3 is 0 Å². The Kier molecular flexibility index (Phi) is 5.16. The summed E-state index contributed by atoms with van der Waals surface area (Å²) in [4.78, 5) is 10.5. The first-order valence-corrected chi connectivity index (χ1v) is 8.08. The summed E-state index contributed by atoms with van der Waals surface area (Å²) in [5, 5.41) is 22.6. The summed E-state index contributed by atoms with van der Waals surface area (Å²) >= 11 is 0. The van der Waals surface area contributed by atoms with Crippen molar-refractivity contribution in [2.24, 2.45) is 0 Å². The third-order valence-electron chi connectivity index (χ3n) is 4.02. The van der Waals surface area contributed by atoms with Crippen molar-refractivity contribution in [1.82, 2.24) is 0 Å². The molecule has 0 radical (unpaired) electrons. The second-order valence-corrected chi connectivity index (χ2v) is 5.67. The largest absolute Gasteiger partial charge is 0.480 e. The number of benzene rings is 3. The Morgan fingerprint density at radius 1 is 1.19 bits per heavy atom. The van der Waals surface area contributed by atoms with Gasteiger partial charge in [0.05, 0.1) is 16.6 Å². The van der Waals surface area contributed by atoms with Gasteiger partial charge in [0.2, 0.25) is 0 Å². The van der Waals surface area contributed by atoms with E-state index in [0.29, 0.717) is 22.4 Å². The molecule has 0 aliphatic rings. The minimum Gasteiger partial charge on any atom is -0.480 e. The third kappa shape index (κ3) is 3.78. The fourth-order valence-corrected chi connectivity index (χ4v) is 2.78. The molecule has 0 unspecified atom stereocenters. The smallest absolute Gasteiger partial charge is 0.270 e. The highest BCUT2D eigenvalue weighted by molar-refractivity contribution is 6.00. The lowest BCUT2D eigenvalue weighted by Gasteiger charge is -2.11. The van der Waals surface area contributed by atoms with E-state index in [2.05, 4.69) is 12.0 Å². The lowest BCUT2D eigenvalue weighted by Crippen LogP contribution is -1.97. The summed E-state index contributed by atoms with van der Waals surface area (Å²) in [6, 6.07) is 19.5.